The van der Waals surface area contributed by atoms with E-state index in [9.17, 15) is 0 Å². The van der Waals surface area contributed by atoms with E-state index in [1.165, 1.54) is 24.9 Å². The number of rotatable bonds is 6. The van der Waals surface area contributed by atoms with Crippen molar-refractivity contribution in [3.63, 3.8) is 0 Å². The summed E-state index contributed by atoms with van der Waals surface area (Å²) < 4.78 is 5.68. The van der Waals surface area contributed by atoms with Crippen molar-refractivity contribution < 1.29 is 4.74 Å². The maximum atomic E-state index is 6.13. The van der Waals surface area contributed by atoms with Gasteiger partial charge in [0.15, 0.2) is 0 Å². The fourth-order valence-electron chi connectivity index (χ4n) is 4.90. The number of nitrogens with zero attached hydrogens (tertiary/aromatic N) is 2. The van der Waals surface area contributed by atoms with Gasteiger partial charge in [-0.15, -0.1) is 12.4 Å². The molecule has 158 valence electrons. The van der Waals surface area contributed by atoms with Crippen molar-refractivity contribution >= 4 is 29.7 Å². The van der Waals surface area contributed by atoms with E-state index in [0.717, 1.165) is 70.0 Å². The molecular weight excluding hydrogens is 395 g/mol. The lowest BCUT2D eigenvalue weighted by molar-refractivity contribution is 0.0523. The van der Waals surface area contributed by atoms with Crippen LogP contribution in [-0.2, 0) is 4.74 Å². The van der Waals surface area contributed by atoms with E-state index in [2.05, 4.69) is 32.6 Å². The van der Waals surface area contributed by atoms with Crippen LogP contribution in [0.3, 0.4) is 0 Å². The number of benzene rings is 1. The van der Waals surface area contributed by atoms with Gasteiger partial charge in [0, 0.05) is 68.6 Å². The van der Waals surface area contributed by atoms with Crippen molar-refractivity contribution in [3.8, 4) is 0 Å². The van der Waals surface area contributed by atoms with Crippen LogP contribution in [0.1, 0.15) is 19.3 Å². The van der Waals surface area contributed by atoms with Gasteiger partial charge in [-0.1, -0.05) is 24.1 Å². The van der Waals surface area contributed by atoms with E-state index in [-0.39, 0.29) is 12.4 Å². The van der Waals surface area contributed by atoms with Gasteiger partial charge in [-0.2, -0.15) is 0 Å². The minimum absolute atomic E-state index is 0. The molecule has 1 aromatic carbocycles. The summed E-state index contributed by atoms with van der Waals surface area (Å²) in [6.45, 7) is 9.39. The number of piperazine rings is 1. The molecule has 28 heavy (non-hydrogen) atoms. The quantitative estimate of drug-likeness (QED) is 0.728. The summed E-state index contributed by atoms with van der Waals surface area (Å²) in [6, 6.07) is 9.40. The summed E-state index contributed by atoms with van der Waals surface area (Å²) in [5.41, 5.74) is 1.25. The highest BCUT2D eigenvalue weighted by molar-refractivity contribution is 6.30. The molecule has 3 unspecified atom stereocenters. The predicted molar refractivity (Wildman–Crippen MR) is 119 cm³/mol. The lowest BCUT2D eigenvalue weighted by atomic mass is 9.94. The Hall–Kier alpha value is -0.560. The zero-order valence-corrected chi connectivity index (χ0v) is 18.2. The topological polar surface area (TPSA) is 39.8 Å². The van der Waals surface area contributed by atoms with Crippen molar-refractivity contribution in [3.05, 3.63) is 29.3 Å². The molecule has 7 heteroatoms. The third-order valence-corrected chi connectivity index (χ3v) is 6.65. The third-order valence-electron chi connectivity index (χ3n) is 6.42. The molecule has 5 nitrogen and oxygen atoms in total. The molecule has 0 radical (unpaired) electrons. The Morgan fingerprint density at radius 1 is 1.18 bits per heavy atom. The number of halogens is 2. The third kappa shape index (κ3) is 5.74. The van der Waals surface area contributed by atoms with E-state index < -0.39 is 0 Å². The Morgan fingerprint density at radius 2 is 2.04 bits per heavy atom. The average Bonchev–Trinajstić information content (AvgIpc) is 3.18. The zero-order chi connectivity index (χ0) is 18.5. The molecule has 1 aliphatic carbocycles. The van der Waals surface area contributed by atoms with Crippen molar-refractivity contribution in [2.24, 2.45) is 5.92 Å². The molecule has 3 aliphatic rings. The standard InChI is InChI=1S/C21H33ClN4O.ClH/c22-17-3-1-4-18(15-17)26-12-10-25(11-13-26)9-7-23-20-6-2-5-19(20)21-16-27-14-8-24-21;/h1,3-4,15,19-21,23-24H,2,5-14,16H2;1H. The van der Waals surface area contributed by atoms with Crippen molar-refractivity contribution in [2.75, 3.05) is 63.9 Å². The summed E-state index contributed by atoms with van der Waals surface area (Å²) in [7, 11) is 0. The molecule has 1 aromatic rings. The smallest absolute Gasteiger partial charge is 0.0623 e. The summed E-state index contributed by atoms with van der Waals surface area (Å²) in [6.07, 6.45) is 3.99. The summed E-state index contributed by atoms with van der Waals surface area (Å²) in [4.78, 5) is 5.03. The molecule has 3 fully saturated rings. The van der Waals surface area contributed by atoms with Gasteiger partial charge in [0.25, 0.3) is 0 Å². The van der Waals surface area contributed by atoms with E-state index in [1.807, 2.05) is 12.1 Å². The number of hydrogen-bond donors (Lipinski definition) is 2. The second-order valence-electron chi connectivity index (χ2n) is 8.10. The van der Waals surface area contributed by atoms with Crippen LogP contribution in [0.25, 0.3) is 0 Å². The molecule has 2 aliphatic heterocycles. The molecule has 0 amide bonds. The Morgan fingerprint density at radius 3 is 2.79 bits per heavy atom. The second kappa shape index (κ2) is 11.0. The van der Waals surface area contributed by atoms with Crippen LogP contribution in [0.2, 0.25) is 5.02 Å². The van der Waals surface area contributed by atoms with Crippen molar-refractivity contribution in [1.82, 2.24) is 15.5 Å². The highest BCUT2D eigenvalue weighted by Crippen LogP contribution is 2.29. The molecule has 1 saturated carbocycles. The fraction of sp³-hybridized carbons (Fsp3) is 0.714. The summed E-state index contributed by atoms with van der Waals surface area (Å²) in [5.74, 6) is 0.727. The molecule has 2 heterocycles. The maximum Gasteiger partial charge on any atom is 0.0623 e. The molecule has 2 N–H and O–H groups in total. The van der Waals surface area contributed by atoms with Crippen LogP contribution in [0.15, 0.2) is 24.3 Å². The van der Waals surface area contributed by atoms with E-state index >= 15 is 0 Å². The number of nitrogens with one attached hydrogen (secondary N) is 2. The molecule has 0 bridgehead atoms. The SMILES string of the molecule is Cl.Clc1cccc(N2CCN(CCNC3CCCC3C3COCCN3)CC2)c1. The van der Waals surface area contributed by atoms with E-state index in [0.29, 0.717) is 12.1 Å². The Bertz CT molecular complexity index is 592. The first kappa shape index (κ1) is 22.1. The van der Waals surface area contributed by atoms with Crippen molar-refractivity contribution in [1.29, 1.82) is 0 Å². The predicted octanol–water partition coefficient (Wildman–Crippen LogP) is 2.63. The molecular formula is C21H34Cl2N4O. The van der Waals surface area contributed by atoms with Crippen LogP contribution in [0, 0.1) is 5.92 Å². The largest absolute Gasteiger partial charge is 0.379 e. The zero-order valence-electron chi connectivity index (χ0n) is 16.6. The van der Waals surface area contributed by atoms with Gasteiger partial charge in [0.05, 0.1) is 13.2 Å². The van der Waals surface area contributed by atoms with Crippen LogP contribution in [-0.4, -0.2) is 76.0 Å². The van der Waals surface area contributed by atoms with Crippen LogP contribution in [0.5, 0.6) is 0 Å². The lowest BCUT2D eigenvalue weighted by Gasteiger charge is -2.37. The summed E-state index contributed by atoms with van der Waals surface area (Å²) in [5, 5.41) is 8.35. The van der Waals surface area contributed by atoms with Crippen LogP contribution < -0.4 is 15.5 Å². The molecule has 2 saturated heterocycles. The van der Waals surface area contributed by atoms with E-state index in [1.54, 1.807) is 0 Å². The monoisotopic (exact) mass is 428 g/mol. The van der Waals surface area contributed by atoms with Gasteiger partial charge in [-0.3, -0.25) is 4.90 Å². The Labute approximate surface area is 180 Å². The molecule has 0 spiro atoms. The minimum atomic E-state index is 0. The highest BCUT2D eigenvalue weighted by Gasteiger charge is 2.34. The number of ether oxygens (including phenoxy) is 1. The van der Waals surface area contributed by atoms with Gasteiger partial charge in [0.1, 0.15) is 0 Å². The van der Waals surface area contributed by atoms with Gasteiger partial charge in [0.2, 0.25) is 0 Å². The van der Waals surface area contributed by atoms with Crippen LogP contribution >= 0.6 is 24.0 Å². The fourth-order valence-corrected chi connectivity index (χ4v) is 5.08. The van der Waals surface area contributed by atoms with Gasteiger partial charge >= 0.3 is 0 Å². The number of anilines is 1. The molecule has 4 rings (SSSR count). The lowest BCUT2D eigenvalue weighted by Crippen LogP contribution is -2.52. The molecule has 3 atom stereocenters. The number of morpholine rings is 1. The van der Waals surface area contributed by atoms with Gasteiger partial charge in [-0.25, -0.2) is 0 Å². The second-order valence-corrected chi connectivity index (χ2v) is 8.54. The van der Waals surface area contributed by atoms with Gasteiger partial charge < -0.3 is 20.3 Å². The first-order chi connectivity index (χ1) is 13.3. The minimum Gasteiger partial charge on any atom is -0.379 e. The number of hydrogen-bond acceptors (Lipinski definition) is 5. The Balaban J connectivity index is 0.00000225. The first-order valence-corrected chi connectivity index (χ1v) is 10.9. The highest BCUT2D eigenvalue weighted by atomic mass is 35.5. The van der Waals surface area contributed by atoms with Crippen LogP contribution in [0.4, 0.5) is 5.69 Å². The van der Waals surface area contributed by atoms with Crippen molar-refractivity contribution in [2.45, 2.75) is 31.3 Å². The molecule has 0 aromatic heterocycles. The first-order valence-electron chi connectivity index (χ1n) is 10.6. The van der Waals surface area contributed by atoms with E-state index in [4.69, 9.17) is 16.3 Å². The normalized spacial score (nSPS) is 28.9. The Kier molecular flexibility index (Phi) is 8.70. The maximum absolute atomic E-state index is 6.13. The van der Waals surface area contributed by atoms with Gasteiger partial charge in [-0.05, 0) is 37.0 Å². The summed E-state index contributed by atoms with van der Waals surface area (Å²) >= 11 is 6.13. The average molecular weight is 429 g/mol.